The fourth-order valence-electron chi connectivity index (χ4n) is 0. The van der Waals surface area contributed by atoms with E-state index in [0.29, 0.717) is 0 Å². The predicted octanol–water partition coefficient (Wildman–Crippen LogP) is -1.47. The van der Waals surface area contributed by atoms with Gasteiger partial charge in [-0.15, -0.1) is 0 Å². The zero-order valence-electron chi connectivity index (χ0n) is 4.15. The van der Waals surface area contributed by atoms with Crippen LogP contribution in [0.3, 0.4) is 0 Å². The van der Waals surface area contributed by atoms with Gasteiger partial charge in [0.1, 0.15) is 0 Å². The average Bonchev–Trinajstić information content (AvgIpc) is 0. The first kappa shape index (κ1) is 84.1. The second-order valence-corrected chi connectivity index (χ2v) is 0. The van der Waals surface area contributed by atoms with Gasteiger partial charge in [-0.25, -0.2) is 0 Å². The van der Waals surface area contributed by atoms with Crippen molar-refractivity contribution in [3.8, 4) is 0 Å². The van der Waals surface area contributed by atoms with Gasteiger partial charge in [-0.3, -0.25) is 0 Å². The summed E-state index contributed by atoms with van der Waals surface area (Å²) in [5, 5.41) is 0. The number of hydrogen-bond donors (Lipinski definition) is 0. The van der Waals surface area contributed by atoms with E-state index in [0.717, 1.165) is 0 Å². The summed E-state index contributed by atoms with van der Waals surface area (Å²) in [7, 11) is 0. The van der Waals surface area contributed by atoms with E-state index in [4.69, 9.17) is 0 Å². The molecule has 39 valence electrons. The minimum atomic E-state index is 0. The van der Waals surface area contributed by atoms with E-state index in [9.17, 15) is 0 Å². The molecular formula is H4BaO4SrTaTi+2. The van der Waals surface area contributed by atoms with Crippen LogP contribution in [0.25, 0.3) is 0 Å². The number of rotatable bonds is 0. The molecule has 0 spiro atoms. The Balaban J connectivity index is 0. The molecular weight excluding hydrogens is 518 g/mol. The molecule has 0 unspecified atom stereocenters. The minimum absolute atomic E-state index is 0. The monoisotopic (exact) mass is 523 g/mol. The van der Waals surface area contributed by atoms with Gasteiger partial charge in [-0.1, -0.05) is 0 Å². The molecule has 0 rings (SSSR count). The summed E-state index contributed by atoms with van der Waals surface area (Å²) in [5.41, 5.74) is 0. The first-order chi connectivity index (χ1) is 0. The van der Waals surface area contributed by atoms with Crippen LogP contribution in [-0.4, -0.2) is 116 Å². The molecule has 0 aliphatic rings. The van der Waals surface area contributed by atoms with E-state index in [2.05, 4.69) is 0 Å². The van der Waals surface area contributed by atoms with Gasteiger partial charge in [0.2, 0.25) is 0 Å². The molecule has 0 aliphatic heterocycles. The molecule has 8 heavy (non-hydrogen) atoms. The minimum Gasteiger partial charge on any atom is -0.870 e. The van der Waals surface area contributed by atoms with E-state index in [1.165, 1.54) is 0 Å². The van der Waals surface area contributed by atoms with Gasteiger partial charge in [0.25, 0.3) is 0 Å². The predicted molar refractivity (Wildman–Crippen MR) is 19.3 cm³/mol. The smallest absolute Gasteiger partial charge is 0.870 e. The van der Waals surface area contributed by atoms with Crippen LogP contribution in [0, 0.1) is 0 Å². The molecule has 0 bridgehead atoms. The largest absolute Gasteiger partial charge is 2.00 e. The average molecular weight is 522 g/mol. The van der Waals surface area contributed by atoms with Gasteiger partial charge < -0.3 is 21.9 Å². The zero-order chi connectivity index (χ0) is 0. The maximum atomic E-state index is 0. The second-order valence-electron chi connectivity index (χ2n) is 0. The van der Waals surface area contributed by atoms with Gasteiger partial charge in [0, 0.05) is 21.7 Å². The van der Waals surface area contributed by atoms with Crippen molar-refractivity contribution in [3.05, 3.63) is 0 Å². The van der Waals surface area contributed by atoms with Crippen LogP contribution in [0.5, 0.6) is 0 Å². The van der Waals surface area contributed by atoms with Crippen LogP contribution in [0.2, 0.25) is 0 Å². The van der Waals surface area contributed by atoms with Gasteiger partial charge in [0.15, 0.2) is 0 Å². The molecule has 0 saturated carbocycles. The van der Waals surface area contributed by atoms with Gasteiger partial charge in [0.05, 0.1) is 0 Å². The molecule has 4 N–H and O–H groups in total. The Bertz CT molecular complexity index is 16.0. The second kappa shape index (κ2) is 64.3. The Morgan fingerprint density at radius 3 is 0.625 bits per heavy atom. The molecule has 0 atom stereocenters. The fourth-order valence-corrected chi connectivity index (χ4v) is 0. The third-order valence-electron chi connectivity index (χ3n) is 0. The van der Waals surface area contributed by atoms with E-state index in [1.54, 1.807) is 0 Å². The summed E-state index contributed by atoms with van der Waals surface area (Å²) in [5.74, 6) is 0. The zero-order valence-corrected chi connectivity index (χ0v) is 16.8. The molecule has 8 heteroatoms. The quantitative estimate of drug-likeness (QED) is 0.361. The third kappa shape index (κ3) is 47.8. The van der Waals surface area contributed by atoms with Crippen LogP contribution in [0.15, 0.2) is 0 Å². The molecule has 0 fully saturated rings. The van der Waals surface area contributed by atoms with Crippen LogP contribution >= 0.6 is 0 Å². The first-order valence-electron chi connectivity index (χ1n) is 0. The van der Waals surface area contributed by atoms with E-state index in [1.807, 2.05) is 0 Å². The summed E-state index contributed by atoms with van der Waals surface area (Å²) in [6.45, 7) is 0. The molecule has 0 aromatic heterocycles. The molecule has 0 aromatic rings. The Labute approximate surface area is 156 Å². The van der Waals surface area contributed by atoms with Gasteiger partial charge in [-0.2, -0.15) is 0 Å². The Morgan fingerprint density at radius 2 is 0.625 bits per heavy atom. The number of hydrogen-bond acceptors (Lipinski definition) is 4. The molecule has 0 aromatic carbocycles. The van der Waals surface area contributed by atoms with Gasteiger partial charge in [-0.05, 0) is 0 Å². The Hall–Kier alpha value is 4.35. The summed E-state index contributed by atoms with van der Waals surface area (Å²) < 4.78 is 0. The van der Waals surface area contributed by atoms with Crippen molar-refractivity contribution in [2.75, 3.05) is 0 Å². The van der Waals surface area contributed by atoms with Crippen LogP contribution < -0.4 is 0 Å². The van der Waals surface area contributed by atoms with Crippen molar-refractivity contribution in [2.24, 2.45) is 0 Å². The normalized spacial score (nSPS) is 0. The molecule has 0 saturated heterocycles. The molecule has 1 radical (unpaired) electrons. The third-order valence-corrected chi connectivity index (χ3v) is 0. The van der Waals surface area contributed by atoms with Crippen molar-refractivity contribution < 1.29 is 66.0 Å². The standard InChI is InChI=1S/Ba.4H2O.Sr.Ta.Ti/h;4*1H2;;;/q+2;;;;;2*+2;/p-4. The topological polar surface area (TPSA) is 120 Å². The Morgan fingerprint density at radius 1 is 0.625 bits per heavy atom. The summed E-state index contributed by atoms with van der Waals surface area (Å²) in [6.07, 6.45) is 0. The Kier molecular flexibility index (Phi) is 676. The first-order valence-corrected chi connectivity index (χ1v) is 0. The SMILES string of the molecule is [Ba+2].[OH-].[OH-].[OH-].[OH-].[Sr+2].[Ta+2].[Ti]. The maximum absolute atomic E-state index is 0. The van der Waals surface area contributed by atoms with Crippen molar-refractivity contribution in [2.45, 2.75) is 0 Å². The van der Waals surface area contributed by atoms with Crippen LogP contribution in [0.4, 0.5) is 0 Å². The van der Waals surface area contributed by atoms with Crippen molar-refractivity contribution >= 4 is 94.4 Å². The molecule has 0 heterocycles. The molecule has 4 nitrogen and oxygen atoms in total. The summed E-state index contributed by atoms with van der Waals surface area (Å²) >= 11 is 0. The van der Waals surface area contributed by atoms with Gasteiger partial charge >= 0.3 is 117 Å². The summed E-state index contributed by atoms with van der Waals surface area (Å²) in [4.78, 5) is 0. The van der Waals surface area contributed by atoms with E-state index < -0.39 is 0 Å². The molecule has 0 amide bonds. The fraction of sp³-hybridized carbons (Fsp3) is 0. The van der Waals surface area contributed by atoms with Crippen molar-refractivity contribution in [1.82, 2.24) is 0 Å². The van der Waals surface area contributed by atoms with Crippen molar-refractivity contribution in [3.63, 3.8) is 0 Å². The van der Waals surface area contributed by atoms with Crippen LogP contribution in [-0.2, 0) is 44.1 Å². The van der Waals surface area contributed by atoms with E-state index in [-0.39, 0.29) is 160 Å². The maximum Gasteiger partial charge on any atom is 2.00 e. The van der Waals surface area contributed by atoms with Crippen molar-refractivity contribution in [1.29, 1.82) is 0 Å². The summed E-state index contributed by atoms with van der Waals surface area (Å²) in [6, 6.07) is 0. The van der Waals surface area contributed by atoms with E-state index >= 15 is 0 Å². The van der Waals surface area contributed by atoms with Crippen LogP contribution in [0.1, 0.15) is 0 Å². The molecule has 0 aliphatic carbocycles.